The summed E-state index contributed by atoms with van der Waals surface area (Å²) in [6, 6.07) is 21.9. The second-order valence-corrected chi connectivity index (χ2v) is 13.4. The monoisotopic (exact) mass is 558 g/mol. The topological polar surface area (TPSA) is 111 Å². The highest BCUT2D eigenvalue weighted by Crippen LogP contribution is 2.39. The number of carbonyl (C=O) groups is 1. The number of anilines is 1. The van der Waals surface area contributed by atoms with Crippen molar-refractivity contribution >= 4 is 21.7 Å². The molecule has 1 aliphatic carbocycles. The lowest BCUT2D eigenvalue weighted by Crippen LogP contribution is -2.47. The van der Waals surface area contributed by atoms with E-state index in [0.29, 0.717) is 11.3 Å². The van der Waals surface area contributed by atoms with Gasteiger partial charge >= 0.3 is 6.03 Å². The summed E-state index contributed by atoms with van der Waals surface area (Å²) >= 11 is 0. The van der Waals surface area contributed by atoms with Gasteiger partial charge in [0.15, 0.2) is 0 Å². The van der Waals surface area contributed by atoms with E-state index in [4.69, 9.17) is 0 Å². The highest BCUT2D eigenvalue weighted by atomic mass is 32.2. The summed E-state index contributed by atoms with van der Waals surface area (Å²) in [6.07, 6.45) is 5.98. The van der Waals surface area contributed by atoms with Crippen LogP contribution in [0.25, 0.3) is 11.1 Å². The van der Waals surface area contributed by atoms with E-state index < -0.39 is 21.1 Å². The first kappa shape index (κ1) is 29.3. The zero-order valence-electron chi connectivity index (χ0n) is 23.7. The molecule has 0 spiro atoms. The molecule has 2 amide bonds. The van der Waals surface area contributed by atoms with Crippen LogP contribution in [0.1, 0.15) is 76.0 Å². The molecule has 0 unspecified atom stereocenters. The maximum absolute atomic E-state index is 13.2. The smallest absolute Gasteiger partial charge is 0.319 e. The van der Waals surface area contributed by atoms with Crippen LogP contribution in [0.15, 0.2) is 71.6 Å². The number of aryl methyl sites for hydroxylation is 1. The summed E-state index contributed by atoms with van der Waals surface area (Å²) in [4.78, 5) is 13.4. The highest BCUT2D eigenvalue weighted by molar-refractivity contribution is 7.89. The van der Waals surface area contributed by atoms with Gasteiger partial charge in [0.1, 0.15) is 0 Å². The van der Waals surface area contributed by atoms with Crippen LogP contribution in [0, 0.1) is 18.3 Å². The number of amides is 2. The van der Waals surface area contributed by atoms with Gasteiger partial charge in [0, 0.05) is 11.2 Å². The van der Waals surface area contributed by atoms with Gasteiger partial charge in [0.05, 0.1) is 22.1 Å². The summed E-state index contributed by atoms with van der Waals surface area (Å²) in [5.41, 5.74) is 4.05. The summed E-state index contributed by atoms with van der Waals surface area (Å²) in [6.45, 7) is 7.51. The Morgan fingerprint density at radius 1 is 0.900 bits per heavy atom. The molecule has 1 saturated carbocycles. The molecule has 0 saturated heterocycles. The predicted octanol–water partition coefficient (Wildman–Crippen LogP) is 6.98. The number of sulfonamides is 1. The summed E-state index contributed by atoms with van der Waals surface area (Å²) in [7, 11) is -3.61. The first-order valence-electron chi connectivity index (χ1n) is 13.8. The quantitative estimate of drug-likeness (QED) is 0.283. The first-order chi connectivity index (χ1) is 18.9. The van der Waals surface area contributed by atoms with Crippen LogP contribution in [0.2, 0.25) is 0 Å². The zero-order chi connectivity index (χ0) is 29.0. The molecular weight excluding hydrogens is 520 g/mol. The zero-order valence-corrected chi connectivity index (χ0v) is 24.5. The lowest BCUT2D eigenvalue weighted by Gasteiger charge is -2.36. The van der Waals surface area contributed by atoms with Crippen LogP contribution in [0.4, 0.5) is 10.5 Å². The fraction of sp³-hybridized carbons (Fsp3) is 0.375. The van der Waals surface area contributed by atoms with Gasteiger partial charge in [-0.3, -0.25) is 0 Å². The van der Waals surface area contributed by atoms with Gasteiger partial charge in [-0.1, -0.05) is 62.1 Å². The third-order valence-corrected chi connectivity index (χ3v) is 9.01. The first-order valence-corrected chi connectivity index (χ1v) is 15.2. The molecule has 0 heterocycles. The molecule has 210 valence electrons. The Morgan fingerprint density at radius 2 is 1.55 bits per heavy atom. The maximum atomic E-state index is 13.2. The normalized spacial score (nSPS) is 15.5. The number of nitrogens with one attached hydrogen (secondary N) is 3. The number of carbonyl (C=O) groups excluding carboxylic acids is 1. The third-order valence-electron chi connectivity index (χ3n) is 7.24. The maximum Gasteiger partial charge on any atom is 0.319 e. The predicted molar refractivity (Wildman–Crippen MR) is 159 cm³/mol. The van der Waals surface area contributed by atoms with E-state index in [1.165, 1.54) is 0 Å². The van der Waals surface area contributed by atoms with E-state index in [0.717, 1.165) is 60.8 Å². The van der Waals surface area contributed by atoms with Gasteiger partial charge < -0.3 is 10.6 Å². The Hall–Kier alpha value is -3.67. The van der Waals surface area contributed by atoms with Crippen molar-refractivity contribution in [1.29, 1.82) is 5.26 Å². The second kappa shape index (κ2) is 11.8. The van der Waals surface area contributed by atoms with E-state index >= 15 is 0 Å². The standard InChI is InChI=1S/C32H38N4O3S/c1-23-20-26(25-12-15-28(16-13-25)40(38,39)36-31(2,3)4)14-17-29(23)32(18-7-5-6-8-19-32)35-30(37)34-27-11-9-10-24(21-27)22-33/h9-17,20-21,36H,5-8,18-19H2,1-4H3,(H2,34,35,37). The van der Waals surface area contributed by atoms with Crippen molar-refractivity contribution < 1.29 is 13.2 Å². The number of nitriles is 1. The Labute approximate surface area is 238 Å². The van der Waals surface area contributed by atoms with Crippen LogP contribution in [-0.2, 0) is 15.6 Å². The summed E-state index contributed by atoms with van der Waals surface area (Å²) in [5.74, 6) is 0. The molecule has 1 fully saturated rings. The molecule has 0 aliphatic heterocycles. The Morgan fingerprint density at radius 3 is 2.15 bits per heavy atom. The third kappa shape index (κ3) is 7.09. The SMILES string of the molecule is Cc1cc(-c2ccc(S(=O)(=O)NC(C)(C)C)cc2)ccc1C1(NC(=O)Nc2cccc(C#N)c2)CCCCCC1. The van der Waals surface area contributed by atoms with Crippen molar-refractivity contribution in [3.8, 4) is 17.2 Å². The van der Waals surface area contributed by atoms with Gasteiger partial charge in [0.2, 0.25) is 10.0 Å². The molecule has 40 heavy (non-hydrogen) atoms. The minimum Gasteiger partial charge on any atom is -0.328 e. The van der Waals surface area contributed by atoms with E-state index in [2.05, 4.69) is 40.5 Å². The lowest BCUT2D eigenvalue weighted by atomic mass is 9.80. The molecule has 0 radical (unpaired) electrons. The molecule has 0 atom stereocenters. The van der Waals surface area contributed by atoms with Crippen LogP contribution >= 0.6 is 0 Å². The largest absolute Gasteiger partial charge is 0.328 e. The van der Waals surface area contributed by atoms with Crippen molar-refractivity contribution in [2.45, 2.75) is 82.2 Å². The Bertz CT molecular complexity index is 1510. The number of rotatable bonds is 6. The van der Waals surface area contributed by atoms with Gasteiger partial charge in [-0.25, -0.2) is 17.9 Å². The minimum atomic E-state index is -3.61. The number of urea groups is 1. The van der Waals surface area contributed by atoms with Crippen molar-refractivity contribution in [2.24, 2.45) is 0 Å². The molecular formula is C32H38N4O3S. The van der Waals surface area contributed by atoms with Crippen LogP contribution in [-0.4, -0.2) is 20.0 Å². The van der Waals surface area contributed by atoms with Crippen molar-refractivity contribution in [3.05, 3.63) is 83.4 Å². The van der Waals surface area contributed by atoms with Crippen LogP contribution in [0.3, 0.4) is 0 Å². The summed E-state index contributed by atoms with van der Waals surface area (Å²) < 4.78 is 28.1. The molecule has 8 heteroatoms. The molecule has 3 aromatic rings. The molecule has 0 aromatic heterocycles. The van der Waals surface area contributed by atoms with Gasteiger partial charge in [-0.2, -0.15) is 5.26 Å². The number of hydrogen-bond donors (Lipinski definition) is 3. The van der Waals surface area contributed by atoms with Gasteiger partial charge in [0.25, 0.3) is 0 Å². The average molecular weight is 559 g/mol. The molecule has 3 N–H and O–H groups in total. The van der Waals surface area contributed by atoms with E-state index in [-0.39, 0.29) is 10.9 Å². The highest BCUT2D eigenvalue weighted by Gasteiger charge is 2.36. The lowest BCUT2D eigenvalue weighted by molar-refractivity contribution is 0.228. The summed E-state index contributed by atoms with van der Waals surface area (Å²) in [5, 5.41) is 15.4. The molecule has 0 bridgehead atoms. The Balaban J connectivity index is 1.60. The molecule has 1 aliphatic rings. The van der Waals surface area contributed by atoms with E-state index in [9.17, 15) is 18.5 Å². The second-order valence-electron chi connectivity index (χ2n) is 11.7. The van der Waals surface area contributed by atoms with Gasteiger partial charge in [-0.05, 0) is 93.1 Å². The fourth-order valence-electron chi connectivity index (χ4n) is 5.51. The number of hydrogen-bond acceptors (Lipinski definition) is 4. The molecule has 4 rings (SSSR count). The van der Waals surface area contributed by atoms with Gasteiger partial charge in [-0.15, -0.1) is 0 Å². The van der Waals surface area contributed by atoms with Crippen LogP contribution in [0.5, 0.6) is 0 Å². The molecule has 7 nitrogen and oxygen atoms in total. The number of nitrogens with zero attached hydrogens (tertiary/aromatic N) is 1. The van der Waals surface area contributed by atoms with Crippen molar-refractivity contribution in [2.75, 3.05) is 5.32 Å². The van der Waals surface area contributed by atoms with Crippen molar-refractivity contribution in [1.82, 2.24) is 10.0 Å². The minimum absolute atomic E-state index is 0.229. The van der Waals surface area contributed by atoms with Crippen LogP contribution < -0.4 is 15.4 Å². The fourth-order valence-corrected chi connectivity index (χ4v) is 6.93. The number of benzene rings is 3. The Kier molecular flexibility index (Phi) is 8.67. The van der Waals surface area contributed by atoms with Crippen molar-refractivity contribution in [3.63, 3.8) is 0 Å². The van der Waals surface area contributed by atoms with E-state index in [1.807, 2.05) is 39.0 Å². The molecule has 3 aromatic carbocycles. The average Bonchev–Trinajstić information content (AvgIpc) is 3.13. The van der Waals surface area contributed by atoms with E-state index in [1.54, 1.807) is 36.4 Å².